The monoisotopic (exact) mass is 310 g/mol. The maximum absolute atomic E-state index is 12.8. The number of ether oxygens (including phenoxy) is 1. The molecule has 110 valence electrons. The van der Waals surface area contributed by atoms with Crippen LogP contribution in [0.5, 0.6) is 5.75 Å². The number of halogens is 2. The Bertz CT molecular complexity index is 662. The zero-order valence-corrected chi connectivity index (χ0v) is 11.9. The molecule has 0 aliphatic heterocycles. The molecule has 2 aromatic carbocycles. The first-order chi connectivity index (χ1) is 10.0. The summed E-state index contributed by atoms with van der Waals surface area (Å²) >= 11 is 5.88. The highest BCUT2D eigenvalue weighted by Crippen LogP contribution is 2.35. The van der Waals surface area contributed by atoms with Gasteiger partial charge in [-0.15, -0.1) is 0 Å². The highest BCUT2D eigenvalue weighted by Gasteiger charge is 2.17. The van der Waals surface area contributed by atoms with E-state index in [2.05, 4.69) is 5.32 Å². The molecule has 0 atom stereocenters. The predicted octanol–water partition coefficient (Wildman–Crippen LogP) is 4.01. The summed E-state index contributed by atoms with van der Waals surface area (Å²) in [7, 11) is 1.43. The number of methoxy groups -OCH3 is 1. The van der Waals surface area contributed by atoms with Crippen molar-refractivity contribution >= 4 is 23.0 Å². The Morgan fingerprint density at radius 2 is 2.00 bits per heavy atom. The topological polar surface area (TPSA) is 64.4 Å². The van der Waals surface area contributed by atoms with E-state index >= 15 is 0 Å². The van der Waals surface area contributed by atoms with Crippen molar-refractivity contribution in [3.63, 3.8) is 0 Å². The third kappa shape index (κ3) is 3.61. The van der Waals surface area contributed by atoms with Crippen LogP contribution in [-0.4, -0.2) is 12.0 Å². The van der Waals surface area contributed by atoms with Crippen LogP contribution in [-0.2, 0) is 6.54 Å². The average molecular weight is 311 g/mol. The maximum atomic E-state index is 12.8. The number of rotatable bonds is 5. The van der Waals surface area contributed by atoms with E-state index in [4.69, 9.17) is 16.3 Å². The van der Waals surface area contributed by atoms with E-state index in [0.717, 1.165) is 5.56 Å². The molecule has 0 aromatic heterocycles. The minimum Gasteiger partial charge on any atom is -0.495 e. The first-order valence-electron chi connectivity index (χ1n) is 6.01. The molecule has 0 fully saturated rings. The first kappa shape index (κ1) is 15.1. The Hall–Kier alpha value is -2.34. The third-order valence-electron chi connectivity index (χ3n) is 2.86. The van der Waals surface area contributed by atoms with E-state index in [9.17, 15) is 14.5 Å². The lowest BCUT2D eigenvalue weighted by atomic mass is 10.2. The van der Waals surface area contributed by atoms with E-state index in [0.29, 0.717) is 12.3 Å². The lowest BCUT2D eigenvalue weighted by Crippen LogP contribution is -2.03. The Labute approximate surface area is 125 Å². The van der Waals surface area contributed by atoms with Crippen LogP contribution < -0.4 is 10.1 Å². The summed E-state index contributed by atoms with van der Waals surface area (Å²) in [5.74, 6) is 0.00163. The highest BCUT2D eigenvalue weighted by molar-refractivity contribution is 6.32. The van der Waals surface area contributed by atoms with Crippen molar-refractivity contribution in [1.29, 1.82) is 0 Å². The van der Waals surface area contributed by atoms with Crippen LogP contribution in [0.3, 0.4) is 0 Å². The first-order valence-corrected chi connectivity index (χ1v) is 6.39. The third-order valence-corrected chi connectivity index (χ3v) is 3.16. The molecule has 0 saturated carbocycles. The van der Waals surface area contributed by atoms with E-state index in [1.807, 2.05) is 0 Å². The second-order valence-corrected chi connectivity index (χ2v) is 4.65. The van der Waals surface area contributed by atoms with Crippen molar-refractivity contribution in [2.45, 2.75) is 6.54 Å². The van der Waals surface area contributed by atoms with E-state index in [-0.39, 0.29) is 22.2 Å². The quantitative estimate of drug-likeness (QED) is 0.669. The van der Waals surface area contributed by atoms with Crippen LogP contribution in [0.15, 0.2) is 36.4 Å². The van der Waals surface area contributed by atoms with Gasteiger partial charge in [-0.2, -0.15) is 0 Å². The van der Waals surface area contributed by atoms with Crippen molar-refractivity contribution in [2.24, 2.45) is 0 Å². The molecule has 0 radical (unpaired) electrons. The number of nitro groups is 1. The van der Waals surface area contributed by atoms with Gasteiger partial charge in [0.05, 0.1) is 17.1 Å². The summed E-state index contributed by atoms with van der Waals surface area (Å²) < 4.78 is 17.9. The molecule has 0 aliphatic carbocycles. The summed E-state index contributed by atoms with van der Waals surface area (Å²) in [6, 6.07) is 8.54. The molecule has 2 aromatic rings. The van der Waals surface area contributed by atoms with Crippen LogP contribution in [0.2, 0.25) is 5.02 Å². The number of nitro benzene ring substituents is 1. The lowest BCUT2D eigenvalue weighted by molar-refractivity contribution is -0.384. The van der Waals surface area contributed by atoms with Crippen molar-refractivity contribution < 1.29 is 14.1 Å². The molecule has 0 bridgehead atoms. The largest absolute Gasteiger partial charge is 0.495 e. The summed E-state index contributed by atoms with van der Waals surface area (Å²) in [6.45, 7) is 0.311. The molecular weight excluding hydrogens is 299 g/mol. The van der Waals surface area contributed by atoms with Gasteiger partial charge >= 0.3 is 0 Å². The van der Waals surface area contributed by atoms with Crippen molar-refractivity contribution in [3.05, 3.63) is 62.9 Å². The summed E-state index contributed by atoms with van der Waals surface area (Å²) in [4.78, 5) is 10.5. The standard InChI is InChI=1S/C14H12ClFN2O3/c1-21-14-7-12(13(18(19)20)6-11(14)15)17-8-9-2-4-10(16)5-3-9/h2-7,17H,8H2,1H3. The van der Waals surface area contributed by atoms with Gasteiger partial charge < -0.3 is 10.1 Å². The van der Waals surface area contributed by atoms with Crippen molar-refractivity contribution in [3.8, 4) is 5.75 Å². The number of nitrogens with one attached hydrogen (secondary N) is 1. The normalized spacial score (nSPS) is 10.2. The van der Waals surface area contributed by atoms with Gasteiger partial charge in [0.25, 0.3) is 5.69 Å². The van der Waals surface area contributed by atoms with Crippen LogP contribution in [0.25, 0.3) is 0 Å². The average Bonchev–Trinajstić information content (AvgIpc) is 2.47. The fourth-order valence-electron chi connectivity index (χ4n) is 1.79. The Morgan fingerprint density at radius 3 is 2.57 bits per heavy atom. The molecule has 7 heteroatoms. The van der Waals surface area contributed by atoms with Gasteiger partial charge in [0.2, 0.25) is 0 Å². The van der Waals surface area contributed by atoms with Crippen molar-refractivity contribution in [2.75, 3.05) is 12.4 Å². The van der Waals surface area contributed by atoms with Crippen LogP contribution in [0.4, 0.5) is 15.8 Å². The summed E-state index contributed by atoms with van der Waals surface area (Å²) in [5.41, 5.74) is 0.924. The number of hydrogen-bond acceptors (Lipinski definition) is 4. The maximum Gasteiger partial charge on any atom is 0.294 e. The number of hydrogen-bond donors (Lipinski definition) is 1. The molecule has 0 spiro atoms. The van der Waals surface area contributed by atoms with E-state index in [1.165, 1.54) is 31.4 Å². The smallest absolute Gasteiger partial charge is 0.294 e. The van der Waals surface area contributed by atoms with Gasteiger partial charge in [-0.05, 0) is 17.7 Å². The molecule has 0 saturated heterocycles. The molecule has 1 N–H and O–H groups in total. The fourth-order valence-corrected chi connectivity index (χ4v) is 2.03. The molecule has 2 rings (SSSR count). The molecule has 0 amide bonds. The SMILES string of the molecule is COc1cc(NCc2ccc(F)cc2)c([N+](=O)[O-])cc1Cl. The molecule has 0 unspecified atom stereocenters. The summed E-state index contributed by atoms with van der Waals surface area (Å²) in [5, 5.41) is 14.1. The number of anilines is 1. The minimum absolute atomic E-state index is 0.150. The van der Waals surface area contributed by atoms with Crippen molar-refractivity contribution in [1.82, 2.24) is 0 Å². The minimum atomic E-state index is -0.529. The second-order valence-electron chi connectivity index (χ2n) is 4.24. The zero-order chi connectivity index (χ0) is 15.4. The van der Waals surface area contributed by atoms with Gasteiger partial charge in [0.15, 0.2) is 0 Å². The summed E-state index contributed by atoms with van der Waals surface area (Å²) in [6.07, 6.45) is 0. The van der Waals surface area contributed by atoms with Crippen LogP contribution in [0, 0.1) is 15.9 Å². The van der Waals surface area contributed by atoms with Crippen LogP contribution in [0.1, 0.15) is 5.56 Å². The van der Waals surface area contributed by atoms with Gasteiger partial charge in [0, 0.05) is 18.7 Å². The molecule has 21 heavy (non-hydrogen) atoms. The van der Waals surface area contributed by atoms with Gasteiger partial charge in [-0.25, -0.2) is 4.39 Å². The Balaban J connectivity index is 2.25. The molecule has 5 nitrogen and oxygen atoms in total. The molecular formula is C14H12ClFN2O3. The van der Waals surface area contributed by atoms with Crippen LogP contribution >= 0.6 is 11.6 Å². The number of nitrogens with zero attached hydrogens (tertiary/aromatic N) is 1. The predicted molar refractivity (Wildman–Crippen MR) is 78.4 cm³/mol. The zero-order valence-electron chi connectivity index (χ0n) is 11.1. The number of benzene rings is 2. The molecule has 0 heterocycles. The Morgan fingerprint density at radius 1 is 1.33 bits per heavy atom. The second kappa shape index (κ2) is 6.41. The highest BCUT2D eigenvalue weighted by atomic mass is 35.5. The van der Waals surface area contributed by atoms with Gasteiger partial charge in [-0.1, -0.05) is 23.7 Å². The van der Waals surface area contributed by atoms with Gasteiger partial charge in [-0.3, -0.25) is 10.1 Å². The fraction of sp³-hybridized carbons (Fsp3) is 0.143. The van der Waals surface area contributed by atoms with E-state index < -0.39 is 4.92 Å². The Kier molecular flexibility index (Phi) is 4.59. The van der Waals surface area contributed by atoms with E-state index in [1.54, 1.807) is 12.1 Å². The van der Waals surface area contributed by atoms with Gasteiger partial charge in [0.1, 0.15) is 17.3 Å². The molecule has 0 aliphatic rings. The lowest BCUT2D eigenvalue weighted by Gasteiger charge is -2.10.